The topological polar surface area (TPSA) is 252 Å². The molecular weight excluding hydrogens is 839 g/mol. The van der Waals surface area contributed by atoms with Gasteiger partial charge in [-0.15, -0.1) is 0 Å². The summed E-state index contributed by atoms with van der Waals surface area (Å²) in [7, 11) is -13.5. The lowest BCUT2D eigenvalue weighted by atomic mass is 10.0. The van der Waals surface area contributed by atoms with Gasteiger partial charge in [-0.3, -0.25) is 13.7 Å². The molecule has 0 spiro atoms. The van der Waals surface area contributed by atoms with Crippen LogP contribution in [-0.2, 0) is 30.4 Å². The second-order valence-corrected chi connectivity index (χ2v) is 18.5. The number of nitrogen functional groups attached to an aromatic ring is 1. The Hall–Kier alpha value is -6.99. The van der Waals surface area contributed by atoms with Crippen LogP contribution in [0.25, 0.3) is 22.3 Å². The maximum Gasteiger partial charge on any atom is 0.294 e. The van der Waals surface area contributed by atoms with E-state index in [1.165, 1.54) is 36.4 Å². The molecule has 0 saturated heterocycles. The highest BCUT2D eigenvalue weighted by Crippen LogP contribution is 2.29. The number of aromatic nitrogens is 4. The molecular formula is C44H33N5O9S3. The highest BCUT2D eigenvalue weighted by molar-refractivity contribution is 7.86. The van der Waals surface area contributed by atoms with Crippen molar-refractivity contribution in [1.82, 2.24) is 19.9 Å². The molecule has 8 aromatic rings. The third-order valence-corrected chi connectivity index (χ3v) is 13.0. The summed E-state index contributed by atoms with van der Waals surface area (Å²) in [6.45, 7) is 0. The zero-order valence-electron chi connectivity index (χ0n) is 31.4. The van der Waals surface area contributed by atoms with E-state index in [9.17, 15) is 38.9 Å². The van der Waals surface area contributed by atoms with Gasteiger partial charge >= 0.3 is 0 Å². The summed E-state index contributed by atoms with van der Waals surface area (Å²) in [5, 5.41) is 2.54. The zero-order valence-corrected chi connectivity index (χ0v) is 33.9. The number of benzene rings is 4. The highest BCUT2D eigenvalue weighted by Gasteiger charge is 2.20. The van der Waals surface area contributed by atoms with Gasteiger partial charge in [-0.2, -0.15) is 25.3 Å². The van der Waals surface area contributed by atoms with Gasteiger partial charge in [0.25, 0.3) is 30.4 Å². The Kier molecular flexibility index (Phi) is 9.46. The van der Waals surface area contributed by atoms with Crippen molar-refractivity contribution >= 4 is 58.3 Å². The van der Waals surface area contributed by atoms with Crippen molar-refractivity contribution in [3.63, 3.8) is 0 Å². The average molecular weight is 872 g/mol. The molecule has 5 heterocycles. The lowest BCUT2D eigenvalue weighted by molar-refractivity contribution is 0.481. The van der Waals surface area contributed by atoms with Crippen molar-refractivity contribution in [3.8, 4) is 0 Å². The monoisotopic (exact) mass is 871 g/mol. The molecule has 306 valence electrons. The number of rotatable bonds is 7. The van der Waals surface area contributed by atoms with E-state index >= 15 is 0 Å². The number of H-pyrrole nitrogens is 4. The van der Waals surface area contributed by atoms with E-state index in [0.717, 1.165) is 11.1 Å². The van der Waals surface area contributed by atoms with Crippen LogP contribution in [0.3, 0.4) is 0 Å². The first-order valence-electron chi connectivity index (χ1n) is 18.4. The Labute approximate surface area is 348 Å². The Morgan fingerprint density at radius 1 is 0.311 bits per heavy atom. The maximum atomic E-state index is 12.0. The van der Waals surface area contributed by atoms with E-state index in [1.54, 1.807) is 48.5 Å². The van der Waals surface area contributed by atoms with Crippen LogP contribution in [-0.4, -0.2) is 58.8 Å². The number of fused-ring (bicyclic) bond motifs is 8. The van der Waals surface area contributed by atoms with Crippen molar-refractivity contribution in [2.24, 2.45) is 0 Å². The molecule has 0 saturated carbocycles. The fourth-order valence-corrected chi connectivity index (χ4v) is 9.04. The van der Waals surface area contributed by atoms with Crippen molar-refractivity contribution in [3.05, 3.63) is 212 Å². The quantitative estimate of drug-likeness (QED) is 0.0853. The summed E-state index contributed by atoms with van der Waals surface area (Å²) in [6.07, 6.45) is 0. The second kappa shape index (κ2) is 14.6. The van der Waals surface area contributed by atoms with E-state index in [0.29, 0.717) is 83.3 Å². The Morgan fingerprint density at radius 3 is 0.770 bits per heavy atom. The lowest BCUT2D eigenvalue weighted by Gasteiger charge is -2.10. The summed E-state index contributed by atoms with van der Waals surface area (Å²) >= 11 is 0. The lowest BCUT2D eigenvalue weighted by Crippen LogP contribution is -2.19. The number of nitrogens with two attached hydrogens (primary N) is 1. The molecule has 4 aromatic heterocycles. The zero-order chi connectivity index (χ0) is 42.8. The van der Waals surface area contributed by atoms with Crippen LogP contribution in [0.1, 0.15) is 45.0 Å². The van der Waals surface area contributed by atoms with Gasteiger partial charge in [0.15, 0.2) is 0 Å². The molecule has 4 aromatic carbocycles. The van der Waals surface area contributed by atoms with Crippen LogP contribution in [0.15, 0.2) is 160 Å². The van der Waals surface area contributed by atoms with E-state index in [2.05, 4.69) is 19.9 Å². The summed E-state index contributed by atoms with van der Waals surface area (Å²) in [5.74, 6) is 0. The molecule has 17 heteroatoms. The normalized spacial score (nSPS) is 13.5. The standard InChI is InChI=1S/C44H33N5O9S3/c45-29-9-1-25(2-10-29)41-33-17-19-35(46-33)42(26-3-11-30(12-4-26)59(50,51)52)37-21-23-39(48-37)44(28-7-15-32(16-8-28)61(56,57)58)40-24-22-38(49-40)43(36-20-18-34(41)47-36)27-5-13-31(14-6-27)60(53,54)55/h1-24,46-49H,45H2,(H,50,51,52)(H,53,54,55)(H,56,57,58). The minimum atomic E-state index is -4.50. The number of hydrogen-bond donors (Lipinski definition) is 8. The number of anilines is 1. The second-order valence-electron chi connectivity index (χ2n) is 14.3. The number of aromatic amines is 4. The molecule has 0 aliphatic carbocycles. The molecule has 1 aliphatic rings. The van der Waals surface area contributed by atoms with Gasteiger partial charge in [-0.05, 0) is 119 Å². The maximum absolute atomic E-state index is 12.0. The molecule has 0 fully saturated rings. The smallest absolute Gasteiger partial charge is 0.294 e. The number of hydrogen-bond acceptors (Lipinski definition) is 7. The molecule has 14 nitrogen and oxygen atoms in total. The van der Waals surface area contributed by atoms with Crippen molar-refractivity contribution in [2.45, 2.75) is 14.7 Å². The third kappa shape index (κ3) is 7.57. The Morgan fingerprint density at radius 2 is 0.541 bits per heavy atom. The molecule has 0 atom stereocenters. The molecule has 0 radical (unpaired) electrons. The fraction of sp³-hybridized carbons (Fsp3) is 0. The van der Waals surface area contributed by atoms with Gasteiger partial charge in [-0.1, -0.05) is 48.5 Å². The summed E-state index contributed by atoms with van der Waals surface area (Å²) < 4.78 is 101. The first-order chi connectivity index (χ1) is 29.0. The third-order valence-electron chi connectivity index (χ3n) is 10.4. The van der Waals surface area contributed by atoms with E-state index in [1.807, 2.05) is 60.7 Å². The average Bonchev–Trinajstić information content (AvgIpc) is 4.06. The molecule has 61 heavy (non-hydrogen) atoms. The van der Waals surface area contributed by atoms with Gasteiger partial charge < -0.3 is 25.7 Å². The summed E-state index contributed by atoms with van der Waals surface area (Å²) in [5.41, 5.74) is 14.5. The minimum absolute atomic E-state index is 0.275. The first kappa shape index (κ1) is 39.5. The van der Waals surface area contributed by atoms with Gasteiger partial charge in [0.2, 0.25) is 0 Å². The molecule has 9 rings (SSSR count). The summed E-state index contributed by atoms with van der Waals surface area (Å²) in [6, 6.07) is 39.8. The molecule has 1 aliphatic heterocycles. The Balaban J connectivity index is 1.40. The van der Waals surface area contributed by atoms with Crippen LogP contribution in [0.5, 0.6) is 0 Å². The predicted octanol–water partition coefficient (Wildman–Crippen LogP) is 3.62. The molecule has 0 amide bonds. The van der Waals surface area contributed by atoms with Crippen molar-refractivity contribution in [1.29, 1.82) is 0 Å². The van der Waals surface area contributed by atoms with E-state index in [4.69, 9.17) is 5.73 Å². The van der Waals surface area contributed by atoms with E-state index < -0.39 is 30.4 Å². The van der Waals surface area contributed by atoms with Crippen LogP contribution in [0, 0.1) is 0 Å². The van der Waals surface area contributed by atoms with Crippen LogP contribution in [0.4, 0.5) is 5.69 Å². The van der Waals surface area contributed by atoms with Crippen LogP contribution in [0.2, 0.25) is 0 Å². The first-order valence-corrected chi connectivity index (χ1v) is 22.7. The van der Waals surface area contributed by atoms with E-state index in [-0.39, 0.29) is 14.7 Å². The fourth-order valence-electron chi connectivity index (χ4n) is 7.60. The van der Waals surface area contributed by atoms with Gasteiger partial charge in [0.05, 0.1) is 14.7 Å². The SMILES string of the molecule is Nc1ccc(C2=c3ccc([nH]3)=C(c3ccc(S(=O)(=O)O)cc3)c3ccc([nH]3)C(c3ccc(S(=O)(=O)O)cc3)=c3ccc([nH]3)=C(c3ccc(S(=O)(=O)O)cc3)c3ccc2[nH]3)cc1. The van der Waals surface area contributed by atoms with Crippen molar-refractivity contribution < 1.29 is 38.9 Å². The molecule has 0 unspecified atom stereocenters. The van der Waals surface area contributed by atoms with Gasteiger partial charge in [-0.25, -0.2) is 0 Å². The van der Waals surface area contributed by atoms with Crippen LogP contribution < -0.4 is 27.1 Å². The number of nitrogens with one attached hydrogen (secondary N) is 4. The summed E-state index contributed by atoms with van der Waals surface area (Å²) in [4.78, 5) is 13.4. The molecule has 8 bridgehead atoms. The van der Waals surface area contributed by atoms with Crippen molar-refractivity contribution in [2.75, 3.05) is 5.73 Å². The van der Waals surface area contributed by atoms with Crippen LogP contribution >= 0.6 is 0 Å². The predicted molar refractivity (Wildman–Crippen MR) is 228 cm³/mol. The van der Waals surface area contributed by atoms with Gasteiger partial charge in [0.1, 0.15) is 0 Å². The van der Waals surface area contributed by atoms with Gasteiger partial charge in [0, 0.05) is 72.2 Å². The highest BCUT2D eigenvalue weighted by atomic mass is 32.2. The largest absolute Gasteiger partial charge is 0.399 e. The molecule has 9 N–H and O–H groups in total. The Bertz CT molecular complexity index is 3640. The minimum Gasteiger partial charge on any atom is -0.399 e.